The van der Waals surface area contributed by atoms with Crippen molar-refractivity contribution in [2.24, 2.45) is 0 Å². The Kier molecular flexibility index (Phi) is 4.65. The number of hydrogen-bond donors (Lipinski definition) is 1. The minimum atomic E-state index is -0.184. The topological polar surface area (TPSA) is 81.3 Å². The van der Waals surface area contributed by atoms with Crippen molar-refractivity contribution < 1.29 is 9.59 Å². The molecule has 0 fully saturated rings. The number of carbonyl (C=O) groups is 2. The minimum Gasteiger partial charge on any atom is -0.351 e. The van der Waals surface area contributed by atoms with Crippen LogP contribution in [0.3, 0.4) is 0 Å². The number of pyridine rings is 1. The number of para-hydroxylation sites is 2. The number of amides is 1. The van der Waals surface area contributed by atoms with Crippen LogP contribution in [0.25, 0.3) is 16.7 Å². The molecule has 4 rings (SSSR count). The van der Waals surface area contributed by atoms with Crippen molar-refractivity contribution >= 4 is 28.5 Å². The van der Waals surface area contributed by atoms with Gasteiger partial charge in [-0.05, 0) is 44.0 Å². The van der Waals surface area contributed by atoms with Crippen LogP contribution < -0.4 is 5.32 Å². The summed E-state index contributed by atoms with van der Waals surface area (Å²) < 4.78 is 3.37. The van der Waals surface area contributed by atoms with Gasteiger partial charge in [0.25, 0.3) is 5.91 Å². The van der Waals surface area contributed by atoms with E-state index in [1.165, 1.54) is 0 Å². The van der Waals surface area contributed by atoms with E-state index in [9.17, 15) is 9.59 Å². The zero-order valence-corrected chi connectivity index (χ0v) is 15.8. The number of aromatic nitrogens is 4. The maximum atomic E-state index is 12.6. The zero-order chi connectivity index (χ0) is 19.7. The first-order valence-electron chi connectivity index (χ1n) is 9.24. The molecular formula is C21H21N5O2. The van der Waals surface area contributed by atoms with Gasteiger partial charge in [0.2, 0.25) is 5.91 Å². The van der Waals surface area contributed by atoms with E-state index in [1.807, 2.05) is 60.8 Å². The molecule has 0 saturated heterocycles. The molecule has 0 unspecified atom stereocenters. The van der Waals surface area contributed by atoms with Crippen LogP contribution in [0, 0.1) is 13.8 Å². The van der Waals surface area contributed by atoms with Crippen LogP contribution in [0.2, 0.25) is 0 Å². The van der Waals surface area contributed by atoms with Gasteiger partial charge in [0, 0.05) is 19.2 Å². The highest BCUT2D eigenvalue weighted by Gasteiger charge is 2.17. The van der Waals surface area contributed by atoms with Gasteiger partial charge in [0.15, 0.2) is 0 Å². The first kappa shape index (κ1) is 17.9. The van der Waals surface area contributed by atoms with Crippen LogP contribution in [0.5, 0.6) is 0 Å². The SMILES string of the molecule is Cc1nc2c(C)cccn2c1C(=O)NCCCC(=O)n1cnc2ccccc21. The Bertz CT molecular complexity index is 1190. The molecule has 28 heavy (non-hydrogen) atoms. The first-order valence-corrected chi connectivity index (χ1v) is 9.24. The molecule has 0 aliphatic carbocycles. The van der Waals surface area contributed by atoms with Crippen molar-refractivity contribution in [3.8, 4) is 0 Å². The van der Waals surface area contributed by atoms with E-state index in [0.717, 1.165) is 22.2 Å². The fraction of sp³-hybridized carbons (Fsp3) is 0.238. The highest BCUT2D eigenvalue weighted by molar-refractivity contribution is 5.95. The van der Waals surface area contributed by atoms with Crippen molar-refractivity contribution in [3.63, 3.8) is 0 Å². The number of nitrogens with one attached hydrogen (secondary N) is 1. The van der Waals surface area contributed by atoms with Crippen LogP contribution in [0.4, 0.5) is 0 Å². The van der Waals surface area contributed by atoms with E-state index >= 15 is 0 Å². The van der Waals surface area contributed by atoms with Crippen molar-refractivity contribution in [1.29, 1.82) is 0 Å². The molecule has 0 atom stereocenters. The highest BCUT2D eigenvalue weighted by atomic mass is 16.2. The summed E-state index contributed by atoms with van der Waals surface area (Å²) in [4.78, 5) is 33.8. The van der Waals surface area contributed by atoms with E-state index in [1.54, 1.807) is 10.9 Å². The van der Waals surface area contributed by atoms with Gasteiger partial charge in [-0.1, -0.05) is 18.2 Å². The second kappa shape index (κ2) is 7.26. The lowest BCUT2D eigenvalue weighted by molar-refractivity contribution is 0.0892. The van der Waals surface area contributed by atoms with Gasteiger partial charge in [-0.15, -0.1) is 0 Å². The molecule has 1 aromatic carbocycles. The predicted molar refractivity (Wildman–Crippen MR) is 107 cm³/mol. The average molecular weight is 375 g/mol. The molecule has 0 radical (unpaired) electrons. The summed E-state index contributed by atoms with van der Waals surface area (Å²) in [5.74, 6) is -0.222. The summed E-state index contributed by atoms with van der Waals surface area (Å²) in [5.41, 5.74) is 4.62. The Hall–Kier alpha value is -3.48. The monoisotopic (exact) mass is 375 g/mol. The van der Waals surface area contributed by atoms with Crippen LogP contribution in [-0.2, 0) is 0 Å². The molecule has 0 aliphatic rings. The molecule has 4 aromatic rings. The minimum absolute atomic E-state index is 0.0374. The molecule has 0 bridgehead atoms. The van der Waals surface area contributed by atoms with Crippen LogP contribution in [-0.4, -0.2) is 37.3 Å². The van der Waals surface area contributed by atoms with Gasteiger partial charge >= 0.3 is 0 Å². The Balaban J connectivity index is 1.38. The Morgan fingerprint density at radius 3 is 2.79 bits per heavy atom. The van der Waals surface area contributed by atoms with Crippen LogP contribution in [0.15, 0.2) is 48.9 Å². The van der Waals surface area contributed by atoms with Crippen molar-refractivity contribution in [1.82, 2.24) is 24.3 Å². The molecule has 7 heteroatoms. The molecule has 142 valence electrons. The molecule has 3 heterocycles. The van der Waals surface area contributed by atoms with Gasteiger partial charge in [0.1, 0.15) is 17.7 Å². The number of fused-ring (bicyclic) bond motifs is 2. The van der Waals surface area contributed by atoms with Gasteiger partial charge < -0.3 is 5.32 Å². The lowest BCUT2D eigenvalue weighted by Crippen LogP contribution is -2.27. The second-order valence-corrected chi connectivity index (χ2v) is 6.79. The molecule has 3 aromatic heterocycles. The number of nitrogens with zero attached hydrogens (tertiary/aromatic N) is 4. The summed E-state index contributed by atoms with van der Waals surface area (Å²) >= 11 is 0. The molecule has 0 spiro atoms. The number of aryl methyl sites for hydroxylation is 2. The van der Waals surface area contributed by atoms with Gasteiger partial charge in [0.05, 0.1) is 16.7 Å². The molecular weight excluding hydrogens is 354 g/mol. The lowest BCUT2D eigenvalue weighted by atomic mass is 10.2. The third-order valence-electron chi connectivity index (χ3n) is 4.81. The molecule has 0 saturated carbocycles. The van der Waals surface area contributed by atoms with Crippen LogP contribution >= 0.6 is 0 Å². The quantitative estimate of drug-likeness (QED) is 0.543. The normalized spacial score (nSPS) is 11.2. The summed E-state index contributed by atoms with van der Waals surface area (Å²) in [5, 5.41) is 2.90. The predicted octanol–water partition coefficient (Wildman–Crippen LogP) is 3.15. The number of imidazole rings is 2. The number of rotatable bonds is 5. The highest BCUT2D eigenvalue weighted by Crippen LogP contribution is 2.15. The van der Waals surface area contributed by atoms with Crippen molar-refractivity contribution in [2.45, 2.75) is 26.7 Å². The molecule has 1 amide bonds. The third-order valence-corrected chi connectivity index (χ3v) is 4.81. The Labute approximate surface area is 162 Å². The van der Waals surface area contributed by atoms with Crippen molar-refractivity contribution in [2.75, 3.05) is 6.54 Å². The molecule has 7 nitrogen and oxygen atoms in total. The third kappa shape index (κ3) is 3.15. The number of benzene rings is 1. The van der Waals surface area contributed by atoms with E-state index in [-0.39, 0.29) is 11.8 Å². The first-order chi connectivity index (χ1) is 13.6. The summed E-state index contributed by atoms with van der Waals surface area (Å²) in [6.07, 6.45) is 4.26. The maximum absolute atomic E-state index is 12.6. The molecule has 0 aliphatic heterocycles. The average Bonchev–Trinajstić information content (AvgIpc) is 3.26. The maximum Gasteiger partial charge on any atom is 0.270 e. The van der Waals surface area contributed by atoms with Crippen LogP contribution in [0.1, 0.15) is 39.4 Å². The van der Waals surface area contributed by atoms with E-state index in [2.05, 4.69) is 15.3 Å². The number of hydrogen-bond acceptors (Lipinski definition) is 4. The summed E-state index contributed by atoms with van der Waals surface area (Å²) in [6.45, 7) is 4.21. The Morgan fingerprint density at radius 2 is 1.93 bits per heavy atom. The van der Waals surface area contributed by atoms with Gasteiger partial charge in [-0.25, -0.2) is 9.97 Å². The lowest BCUT2D eigenvalue weighted by Gasteiger charge is -2.07. The van der Waals surface area contributed by atoms with Gasteiger partial charge in [-0.2, -0.15) is 0 Å². The largest absolute Gasteiger partial charge is 0.351 e. The number of carbonyl (C=O) groups excluding carboxylic acids is 2. The summed E-state index contributed by atoms with van der Waals surface area (Å²) in [6, 6.07) is 11.4. The molecule has 1 N–H and O–H groups in total. The van der Waals surface area contributed by atoms with E-state index in [4.69, 9.17) is 0 Å². The summed E-state index contributed by atoms with van der Waals surface area (Å²) in [7, 11) is 0. The zero-order valence-electron chi connectivity index (χ0n) is 15.8. The standard InChI is InChI=1S/C21H21N5O2/c1-14-7-6-12-25-19(15(2)24-20(14)25)21(28)22-11-5-10-18(27)26-13-23-16-8-3-4-9-17(16)26/h3-4,6-9,12-13H,5,10-11H2,1-2H3,(H,22,28). The fourth-order valence-electron chi connectivity index (χ4n) is 3.39. The van der Waals surface area contributed by atoms with Gasteiger partial charge in [-0.3, -0.25) is 18.6 Å². The smallest absolute Gasteiger partial charge is 0.270 e. The van der Waals surface area contributed by atoms with Crippen molar-refractivity contribution in [3.05, 3.63) is 65.9 Å². The second-order valence-electron chi connectivity index (χ2n) is 6.79. The van der Waals surface area contributed by atoms with E-state index < -0.39 is 0 Å². The Morgan fingerprint density at radius 1 is 1.11 bits per heavy atom. The van der Waals surface area contributed by atoms with E-state index in [0.29, 0.717) is 30.8 Å². The fourth-order valence-corrected chi connectivity index (χ4v) is 3.39.